The number of amides is 1. The molecule has 174 valence electrons. The second kappa shape index (κ2) is 8.92. The molecule has 4 rings (SSSR count). The summed E-state index contributed by atoms with van der Waals surface area (Å²) in [5.74, 6) is 0.176. The fourth-order valence-corrected chi connectivity index (χ4v) is 3.95. The van der Waals surface area contributed by atoms with Crippen LogP contribution in [0.3, 0.4) is 0 Å². The SMILES string of the molecule is CC(C)(C)OC(=O)Nc1ncnc2c1c(-c1ccc(Cl)cc1)c(Cl)n2-c1cccc([N+](=O)[O-])c1. The van der Waals surface area contributed by atoms with Gasteiger partial charge in [0.25, 0.3) is 5.69 Å². The number of ether oxygens (including phenoxy) is 1. The van der Waals surface area contributed by atoms with Gasteiger partial charge in [-0.15, -0.1) is 0 Å². The number of aromatic nitrogens is 3. The zero-order chi connectivity index (χ0) is 24.6. The second-order valence-corrected chi connectivity index (χ2v) is 9.13. The fraction of sp³-hybridized carbons (Fsp3) is 0.174. The topological polar surface area (TPSA) is 112 Å². The van der Waals surface area contributed by atoms with Crippen molar-refractivity contribution in [1.29, 1.82) is 0 Å². The van der Waals surface area contributed by atoms with Crippen LogP contribution < -0.4 is 5.32 Å². The summed E-state index contributed by atoms with van der Waals surface area (Å²) in [6.45, 7) is 5.24. The molecular weight excluding hydrogens is 481 g/mol. The monoisotopic (exact) mass is 499 g/mol. The van der Waals surface area contributed by atoms with Crippen molar-refractivity contribution >= 4 is 51.8 Å². The van der Waals surface area contributed by atoms with Crippen LogP contribution in [0.1, 0.15) is 20.8 Å². The van der Waals surface area contributed by atoms with Crippen molar-refractivity contribution in [3.05, 3.63) is 75.1 Å². The Labute approximate surface area is 204 Å². The molecule has 0 aliphatic heterocycles. The summed E-state index contributed by atoms with van der Waals surface area (Å²) in [5.41, 5.74) is 1.14. The van der Waals surface area contributed by atoms with Crippen LogP contribution in [0.4, 0.5) is 16.3 Å². The summed E-state index contributed by atoms with van der Waals surface area (Å²) in [6.07, 6.45) is 0.569. The first kappa shape index (κ1) is 23.5. The van der Waals surface area contributed by atoms with Crippen LogP contribution in [0, 0.1) is 10.1 Å². The summed E-state index contributed by atoms with van der Waals surface area (Å²) in [5, 5.41) is 15.2. The Kier molecular flexibility index (Phi) is 6.16. The van der Waals surface area contributed by atoms with Crippen molar-refractivity contribution in [3.8, 4) is 16.8 Å². The van der Waals surface area contributed by atoms with Gasteiger partial charge in [-0.3, -0.25) is 20.0 Å². The first-order chi connectivity index (χ1) is 16.0. The molecule has 0 fully saturated rings. The zero-order valence-corrected chi connectivity index (χ0v) is 19.9. The largest absolute Gasteiger partial charge is 0.444 e. The van der Waals surface area contributed by atoms with Gasteiger partial charge in [0.15, 0.2) is 5.65 Å². The number of halogens is 2. The molecule has 2 aromatic heterocycles. The van der Waals surface area contributed by atoms with E-state index in [0.717, 1.165) is 0 Å². The van der Waals surface area contributed by atoms with Crippen LogP contribution in [0.2, 0.25) is 10.2 Å². The van der Waals surface area contributed by atoms with E-state index in [4.69, 9.17) is 27.9 Å². The van der Waals surface area contributed by atoms with Crippen molar-refractivity contribution in [2.24, 2.45) is 0 Å². The van der Waals surface area contributed by atoms with Gasteiger partial charge in [0.1, 0.15) is 22.9 Å². The first-order valence-electron chi connectivity index (χ1n) is 10.1. The van der Waals surface area contributed by atoms with Crippen LogP contribution in [0.5, 0.6) is 0 Å². The number of nitro groups is 1. The standard InChI is InChI=1S/C23H19Cl2N5O4/c1-23(2,3)34-22(31)28-20-18-17(13-7-9-14(24)10-8-13)19(25)29(21(18)27-12-26-20)15-5-4-6-16(11-15)30(32)33/h4-12H,1-3H3,(H,26,27,28,31). The lowest BCUT2D eigenvalue weighted by Gasteiger charge is -2.19. The highest BCUT2D eigenvalue weighted by molar-refractivity contribution is 6.36. The molecule has 0 saturated carbocycles. The minimum absolute atomic E-state index is 0.107. The molecule has 0 radical (unpaired) electrons. The highest BCUT2D eigenvalue weighted by Gasteiger charge is 2.25. The van der Waals surface area contributed by atoms with Gasteiger partial charge in [0, 0.05) is 22.7 Å². The van der Waals surface area contributed by atoms with Crippen LogP contribution in [0.25, 0.3) is 27.8 Å². The van der Waals surface area contributed by atoms with Crippen LogP contribution in [0.15, 0.2) is 54.9 Å². The lowest BCUT2D eigenvalue weighted by Crippen LogP contribution is -2.27. The van der Waals surface area contributed by atoms with E-state index in [0.29, 0.717) is 32.9 Å². The van der Waals surface area contributed by atoms with E-state index in [1.807, 2.05) is 0 Å². The maximum Gasteiger partial charge on any atom is 0.413 e. The van der Waals surface area contributed by atoms with Crippen molar-refractivity contribution in [2.45, 2.75) is 26.4 Å². The Morgan fingerprint density at radius 1 is 1.12 bits per heavy atom. The number of hydrogen-bond acceptors (Lipinski definition) is 6. The van der Waals surface area contributed by atoms with Gasteiger partial charge < -0.3 is 4.74 Å². The molecule has 0 aliphatic rings. The third kappa shape index (κ3) is 4.66. The number of carbonyl (C=O) groups is 1. The third-order valence-corrected chi connectivity index (χ3v) is 5.35. The smallest absolute Gasteiger partial charge is 0.413 e. The number of hydrogen-bond donors (Lipinski definition) is 1. The molecule has 2 heterocycles. The molecule has 0 bridgehead atoms. The molecule has 2 aromatic carbocycles. The van der Waals surface area contributed by atoms with Gasteiger partial charge in [0.2, 0.25) is 0 Å². The maximum atomic E-state index is 12.5. The number of nitro benzene ring substituents is 1. The van der Waals surface area contributed by atoms with Crippen molar-refractivity contribution in [3.63, 3.8) is 0 Å². The van der Waals surface area contributed by atoms with Crippen molar-refractivity contribution < 1.29 is 14.5 Å². The quantitative estimate of drug-likeness (QED) is 0.248. The maximum absolute atomic E-state index is 12.5. The normalized spacial score (nSPS) is 11.4. The molecule has 34 heavy (non-hydrogen) atoms. The fourth-order valence-electron chi connectivity index (χ4n) is 3.44. The minimum atomic E-state index is -0.720. The van der Waals surface area contributed by atoms with E-state index in [9.17, 15) is 14.9 Å². The van der Waals surface area contributed by atoms with E-state index in [2.05, 4.69) is 15.3 Å². The van der Waals surface area contributed by atoms with E-state index < -0.39 is 16.6 Å². The van der Waals surface area contributed by atoms with Crippen molar-refractivity contribution in [2.75, 3.05) is 5.32 Å². The van der Waals surface area contributed by atoms with E-state index in [-0.39, 0.29) is 16.7 Å². The van der Waals surface area contributed by atoms with Crippen molar-refractivity contribution in [1.82, 2.24) is 14.5 Å². The zero-order valence-electron chi connectivity index (χ0n) is 18.4. The lowest BCUT2D eigenvalue weighted by molar-refractivity contribution is -0.384. The third-order valence-electron chi connectivity index (χ3n) is 4.74. The molecule has 9 nitrogen and oxygen atoms in total. The molecule has 1 amide bonds. The number of carbonyl (C=O) groups excluding carboxylic acids is 1. The number of nitrogens with one attached hydrogen (secondary N) is 1. The molecular formula is C23H19Cl2N5O4. The number of fused-ring (bicyclic) bond motifs is 1. The number of anilines is 1. The Morgan fingerprint density at radius 2 is 1.82 bits per heavy atom. The molecule has 0 saturated heterocycles. The number of nitrogens with zero attached hydrogens (tertiary/aromatic N) is 4. The van der Waals surface area contributed by atoms with Gasteiger partial charge in [0.05, 0.1) is 16.0 Å². The number of rotatable bonds is 4. The Hall–Kier alpha value is -3.69. The minimum Gasteiger partial charge on any atom is -0.444 e. The predicted octanol–water partition coefficient (Wildman–Crippen LogP) is 6.65. The summed E-state index contributed by atoms with van der Waals surface area (Å²) >= 11 is 12.9. The Morgan fingerprint density at radius 3 is 2.47 bits per heavy atom. The lowest BCUT2D eigenvalue weighted by atomic mass is 10.1. The summed E-state index contributed by atoms with van der Waals surface area (Å²) in [7, 11) is 0. The van der Waals surface area contributed by atoms with Crippen LogP contribution >= 0.6 is 23.2 Å². The molecule has 0 aliphatic carbocycles. The van der Waals surface area contributed by atoms with Crippen LogP contribution in [-0.4, -0.2) is 31.2 Å². The van der Waals surface area contributed by atoms with Gasteiger partial charge in [-0.1, -0.05) is 41.4 Å². The number of benzene rings is 2. The van der Waals surface area contributed by atoms with Gasteiger partial charge in [-0.25, -0.2) is 14.8 Å². The molecule has 1 N–H and O–H groups in total. The predicted molar refractivity (Wildman–Crippen MR) is 131 cm³/mol. The summed E-state index contributed by atoms with van der Waals surface area (Å²) in [4.78, 5) is 32.0. The first-order valence-corrected chi connectivity index (χ1v) is 10.9. The molecule has 4 aromatic rings. The molecule has 0 spiro atoms. The summed E-state index contributed by atoms with van der Waals surface area (Å²) < 4.78 is 6.94. The average Bonchev–Trinajstić information content (AvgIpc) is 3.06. The Balaban J connectivity index is 1.99. The molecule has 0 unspecified atom stereocenters. The molecule has 0 atom stereocenters. The van der Waals surface area contributed by atoms with E-state index in [1.165, 1.54) is 18.5 Å². The Bertz CT molecular complexity index is 1410. The number of non-ortho nitro benzene ring substituents is 1. The highest BCUT2D eigenvalue weighted by Crippen LogP contribution is 2.42. The van der Waals surface area contributed by atoms with Gasteiger partial charge in [-0.2, -0.15) is 0 Å². The van der Waals surface area contributed by atoms with Crippen LogP contribution in [-0.2, 0) is 4.74 Å². The highest BCUT2D eigenvalue weighted by atomic mass is 35.5. The average molecular weight is 500 g/mol. The molecule has 11 heteroatoms. The van der Waals surface area contributed by atoms with E-state index >= 15 is 0 Å². The van der Waals surface area contributed by atoms with Gasteiger partial charge >= 0.3 is 6.09 Å². The van der Waals surface area contributed by atoms with Gasteiger partial charge in [-0.05, 0) is 44.5 Å². The van der Waals surface area contributed by atoms with E-state index in [1.54, 1.807) is 61.7 Å². The summed E-state index contributed by atoms with van der Waals surface area (Å²) in [6, 6.07) is 12.9. The second-order valence-electron chi connectivity index (χ2n) is 8.33.